The summed E-state index contributed by atoms with van der Waals surface area (Å²) in [5.41, 5.74) is 3.11. The molecule has 226 valence electrons. The van der Waals surface area contributed by atoms with Gasteiger partial charge < -0.3 is 14.6 Å². The van der Waals surface area contributed by atoms with E-state index >= 15 is 0 Å². The average molecular weight is 563 g/mol. The highest BCUT2D eigenvalue weighted by atomic mass is 16.5. The van der Waals surface area contributed by atoms with Gasteiger partial charge in [-0.2, -0.15) is 0 Å². The number of phenols is 1. The highest BCUT2D eigenvalue weighted by Crippen LogP contribution is 2.67. The molecule has 0 saturated heterocycles. The Morgan fingerprint density at radius 1 is 1.07 bits per heavy atom. The molecule has 41 heavy (non-hydrogen) atoms. The van der Waals surface area contributed by atoms with Crippen LogP contribution < -0.4 is 4.74 Å². The smallest absolute Gasteiger partial charge is 0.331 e. The lowest BCUT2D eigenvalue weighted by Crippen LogP contribution is -2.51. The van der Waals surface area contributed by atoms with Gasteiger partial charge in [0, 0.05) is 12.5 Å². The number of hydrogen-bond acceptors (Lipinski definition) is 4. The molecular weight excluding hydrogens is 508 g/mol. The molecule has 0 spiro atoms. The van der Waals surface area contributed by atoms with E-state index in [0.717, 1.165) is 60.3 Å². The molecule has 0 aromatic heterocycles. The molecule has 4 nitrogen and oxygen atoms in total. The highest BCUT2D eigenvalue weighted by molar-refractivity contribution is 5.87. The van der Waals surface area contributed by atoms with Crippen molar-refractivity contribution in [1.82, 2.24) is 0 Å². The first kappa shape index (κ1) is 30.2. The topological polar surface area (TPSA) is 55.8 Å². The minimum absolute atomic E-state index is 0.0474. The van der Waals surface area contributed by atoms with Crippen molar-refractivity contribution in [3.63, 3.8) is 0 Å². The minimum Gasteiger partial charge on any atom is -0.504 e. The van der Waals surface area contributed by atoms with Crippen molar-refractivity contribution in [2.75, 3.05) is 7.11 Å². The molecule has 4 unspecified atom stereocenters. The Kier molecular flexibility index (Phi) is 8.98. The van der Waals surface area contributed by atoms with Crippen LogP contribution in [0.25, 0.3) is 6.08 Å². The fraction of sp³-hybridized carbons (Fsp3) is 0.703. The van der Waals surface area contributed by atoms with E-state index < -0.39 is 0 Å². The van der Waals surface area contributed by atoms with E-state index in [4.69, 9.17) is 9.47 Å². The predicted octanol–water partition coefficient (Wildman–Crippen LogP) is 9.37. The van der Waals surface area contributed by atoms with Gasteiger partial charge in [0.15, 0.2) is 11.5 Å². The average Bonchev–Trinajstić information content (AvgIpc) is 3.30. The summed E-state index contributed by atoms with van der Waals surface area (Å²) < 4.78 is 11.1. The van der Waals surface area contributed by atoms with E-state index in [2.05, 4.69) is 40.7 Å². The number of allylic oxidation sites excluding steroid dienone is 1. The fourth-order valence-electron chi connectivity index (χ4n) is 9.92. The summed E-state index contributed by atoms with van der Waals surface area (Å²) in [5, 5.41) is 9.80. The number of carbonyl (C=O) groups is 1. The normalized spacial score (nSPS) is 35.4. The van der Waals surface area contributed by atoms with Gasteiger partial charge >= 0.3 is 5.97 Å². The second kappa shape index (κ2) is 12.2. The Labute approximate surface area is 249 Å². The number of esters is 1. The first-order valence-corrected chi connectivity index (χ1v) is 16.5. The molecule has 0 heterocycles. The van der Waals surface area contributed by atoms with Gasteiger partial charge in [-0.1, -0.05) is 71.6 Å². The SMILES string of the molecule is COc1cc(C=CC(=O)OC2CC[C@@]3(C)C(=CCC4C3CC[C@@]3(C)C4CC[C@@H]3[C@H](C)CCCC(C)C)C2)ccc1O. The van der Waals surface area contributed by atoms with E-state index in [9.17, 15) is 9.90 Å². The summed E-state index contributed by atoms with van der Waals surface area (Å²) in [7, 11) is 1.52. The molecule has 3 saturated carbocycles. The van der Waals surface area contributed by atoms with Gasteiger partial charge in [0.2, 0.25) is 0 Å². The molecular formula is C37H54O4. The molecule has 1 aromatic rings. The maximum atomic E-state index is 12.7. The van der Waals surface area contributed by atoms with Gasteiger partial charge in [0.25, 0.3) is 0 Å². The number of aromatic hydroxyl groups is 1. The molecule has 4 heteroatoms. The maximum absolute atomic E-state index is 12.7. The lowest BCUT2D eigenvalue weighted by Gasteiger charge is -2.58. The summed E-state index contributed by atoms with van der Waals surface area (Å²) in [6.45, 7) is 12.5. The Morgan fingerprint density at radius 2 is 1.88 bits per heavy atom. The third-order valence-corrected chi connectivity index (χ3v) is 12.2. The van der Waals surface area contributed by atoms with E-state index in [1.165, 1.54) is 64.6 Å². The number of hydrogen-bond donors (Lipinski definition) is 1. The largest absolute Gasteiger partial charge is 0.504 e. The van der Waals surface area contributed by atoms with Crippen LogP contribution in [0.1, 0.15) is 111 Å². The molecule has 8 atom stereocenters. The van der Waals surface area contributed by atoms with Crippen molar-refractivity contribution in [2.24, 2.45) is 46.3 Å². The van der Waals surface area contributed by atoms with Gasteiger partial charge in [0.1, 0.15) is 6.10 Å². The summed E-state index contributed by atoms with van der Waals surface area (Å²) in [4.78, 5) is 12.7. The van der Waals surface area contributed by atoms with Crippen LogP contribution in [0.3, 0.4) is 0 Å². The second-order valence-corrected chi connectivity index (χ2v) is 14.9. The van der Waals surface area contributed by atoms with Crippen molar-refractivity contribution < 1.29 is 19.4 Å². The number of phenolic OH excluding ortho intramolecular Hbond substituents is 1. The lowest BCUT2D eigenvalue weighted by atomic mass is 9.47. The molecule has 0 aliphatic heterocycles. The maximum Gasteiger partial charge on any atom is 0.331 e. The monoisotopic (exact) mass is 562 g/mol. The number of fused-ring (bicyclic) bond motifs is 5. The van der Waals surface area contributed by atoms with Crippen LogP contribution in [0, 0.1) is 46.3 Å². The number of ether oxygens (including phenoxy) is 2. The van der Waals surface area contributed by atoms with Crippen molar-refractivity contribution in [1.29, 1.82) is 0 Å². The van der Waals surface area contributed by atoms with Gasteiger partial charge in [-0.3, -0.25) is 0 Å². The van der Waals surface area contributed by atoms with E-state index in [1.807, 2.05) is 0 Å². The zero-order valence-corrected chi connectivity index (χ0v) is 26.5. The molecule has 3 fully saturated rings. The number of methoxy groups -OCH3 is 1. The first-order valence-electron chi connectivity index (χ1n) is 16.5. The first-order chi connectivity index (χ1) is 19.5. The summed E-state index contributed by atoms with van der Waals surface area (Å²) in [6.07, 6.45) is 19.7. The van der Waals surface area contributed by atoms with Gasteiger partial charge in [-0.05, 0) is 115 Å². The van der Waals surface area contributed by atoms with E-state index in [-0.39, 0.29) is 23.2 Å². The van der Waals surface area contributed by atoms with Crippen molar-refractivity contribution in [2.45, 2.75) is 111 Å². The zero-order chi connectivity index (χ0) is 29.4. The molecule has 0 amide bonds. The Hall–Kier alpha value is -2.23. The lowest BCUT2D eigenvalue weighted by molar-refractivity contribution is -0.145. The third-order valence-electron chi connectivity index (χ3n) is 12.2. The molecule has 0 bridgehead atoms. The van der Waals surface area contributed by atoms with Crippen LogP contribution in [0.2, 0.25) is 0 Å². The van der Waals surface area contributed by atoms with Crippen LogP contribution in [0.5, 0.6) is 11.5 Å². The van der Waals surface area contributed by atoms with Gasteiger partial charge in [-0.25, -0.2) is 4.79 Å². The van der Waals surface area contributed by atoms with Crippen LogP contribution >= 0.6 is 0 Å². The number of benzene rings is 1. The van der Waals surface area contributed by atoms with E-state index in [0.29, 0.717) is 11.2 Å². The van der Waals surface area contributed by atoms with Gasteiger partial charge in [-0.15, -0.1) is 0 Å². The summed E-state index contributed by atoms with van der Waals surface area (Å²) >= 11 is 0. The number of rotatable bonds is 9. The molecule has 1 aromatic carbocycles. The summed E-state index contributed by atoms with van der Waals surface area (Å²) in [6, 6.07) is 5.04. The quantitative estimate of drug-likeness (QED) is 0.185. The predicted molar refractivity (Wildman–Crippen MR) is 167 cm³/mol. The molecule has 0 radical (unpaired) electrons. The molecule has 4 aliphatic carbocycles. The number of carbonyl (C=O) groups excluding carboxylic acids is 1. The van der Waals surface area contributed by atoms with Crippen LogP contribution in [-0.2, 0) is 9.53 Å². The second-order valence-electron chi connectivity index (χ2n) is 14.9. The zero-order valence-electron chi connectivity index (χ0n) is 26.5. The van der Waals surface area contributed by atoms with Crippen LogP contribution in [0.15, 0.2) is 35.9 Å². The van der Waals surface area contributed by atoms with Crippen molar-refractivity contribution in [3.8, 4) is 11.5 Å². The molecule has 5 rings (SSSR count). The standard InChI is InChI=1S/C37H54O4/c1-24(2)8-7-9-25(3)30-14-15-31-29-13-12-27-23-28(18-20-36(27,4)32(29)19-21-37(30,31)5)41-35(39)17-11-26-10-16-33(38)34(22-26)40-6/h10-12,16-17,22,24-25,28-32,38H,7-9,13-15,18-21,23H2,1-6H3/t25-,28?,29?,30-,31?,32?,36+,37-/m1/s1. The minimum atomic E-state index is -0.298. The highest BCUT2D eigenvalue weighted by Gasteiger charge is 2.59. The summed E-state index contributed by atoms with van der Waals surface area (Å²) in [5.74, 6) is 5.20. The molecule has 1 N–H and O–H groups in total. The Bertz CT molecular complexity index is 1150. The van der Waals surface area contributed by atoms with Crippen molar-refractivity contribution >= 4 is 12.0 Å². The Balaban J connectivity index is 1.21. The van der Waals surface area contributed by atoms with Crippen molar-refractivity contribution in [3.05, 3.63) is 41.5 Å². The third kappa shape index (κ3) is 6.00. The van der Waals surface area contributed by atoms with Crippen LogP contribution in [-0.4, -0.2) is 24.3 Å². The Morgan fingerprint density at radius 3 is 2.63 bits per heavy atom. The molecule has 4 aliphatic rings. The van der Waals surface area contributed by atoms with E-state index in [1.54, 1.807) is 29.8 Å². The fourth-order valence-corrected chi connectivity index (χ4v) is 9.92. The van der Waals surface area contributed by atoms with Gasteiger partial charge in [0.05, 0.1) is 7.11 Å². The van der Waals surface area contributed by atoms with Crippen LogP contribution in [0.4, 0.5) is 0 Å².